The van der Waals surface area contributed by atoms with Gasteiger partial charge in [-0.1, -0.05) is 24.2 Å². The van der Waals surface area contributed by atoms with Gasteiger partial charge in [0.15, 0.2) is 5.75 Å². The van der Waals surface area contributed by atoms with Crippen molar-refractivity contribution in [2.75, 3.05) is 32.8 Å². The van der Waals surface area contributed by atoms with E-state index < -0.39 is 5.82 Å². The molecule has 2 unspecified atom stereocenters. The SMILES string of the molecule is C=CC(=O)N1CCN2C(=O)c3c(CN4CCC4C)nc(-c4c(O)cccc4F)c(Cl)c3OCC2C1. The first-order chi connectivity index (χ1) is 16.8. The number of halogens is 2. The molecule has 1 aromatic carbocycles. The number of aromatic nitrogens is 1. The van der Waals surface area contributed by atoms with Gasteiger partial charge in [-0.2, -0.15) is 0 Å². The lowest BCUT2D eigenvalue weighted by molar-refractivity contribution is -0.128. The molecule has 35 heavy (non-hydrogen) atoms. The summed E-state index contributed by atoms with van der Waals surface area (Å²) in [5.41, 5.74) is 0.558. The summed E-state index contributed by atoms with van der Waals surface area (Å²) in [5.74, 6) is -1.35. The Morgan fingerprint density at radius 1 is 1.34 bits per heavy atom. The molecule has 0 radical (unpaired) electrons. The van der Waals surface area contributed by atoms with Crippen LogP contribution in [0, 0.1) is 5.82 Å². The molecule has 1 aromatic heterocycles. The molecule has 0 saturated carbocycles. The van der Waals surface area contributed by atoms with Gasteiger partial charge >= 0.3 is 0 Å². The van der Waals surface area contributed by atoms with E-state index in [1.807, 2.05) is 0 Å². The first-order valence-electron chi connectivity index (χ1n) is 11.6. The fourth-order valence-corrected chi connectivity index (χ4v) is 5.17. The van der Waals surface area contributed by atoms with Crippen molar-refractivity contribution in [2.24, 2.45) is 0 Å². The highest BCUT2D eigenvalue weighted by atomic mass is 35.5. The molecule has 3 aliphatic heterocycles. The van der Waals surface area contributed by atoms with Crippen LogP contribution < -0.4 is 4.74 Å². The van der Waals surface area contributed by atoms with Crippen LogP contribution in [0.4, 0.5) is 4.39 Å². The zero-order valence-corrected chi connectivity index (χ0v) is 20.1. The van der Waals surface area contributed by atoms with E-state index in [2.05, 4.69) is 23.4 Å². The maximum Gasteiger partial charge on any atom is 0.260 e. The predicted octanol–water partition coefficient (Wildman–Crippen LogP) is 3.07. The van der Waals surface area contributed by atoms with Crippen molar-refractivity contribution in [3.05, 3.63) is 53.0 Å². The van der Waals surface area contributed by atoms with Crippen LogP contribution in [0.1, 0.15) is 29.4 Å². The smallest absolute Gasteiger partial charge is 0.260 e. The molecule has 0 spiro atoms. The molecule has 2 atom stereocenters. The Morgan fingerprint density at radius 2 is 2.14 bits per heavy atom. The van der Waals surface area contributed by atoms with Crippen molar-refractivity contribution in [1.82, 2.24) is 19.7 Å². The number of hydrogen-bond acceptors (Lipinski definition) is 6. The maximum absolute atomic E-state index is 14.8. The van der Waals surface area contributed by atoms with Crippen molar-refractivity contribution in [3.8, 4) is 22.8 Å². The monoisotopic (exact) mass is 500 g/mol. The van der Waals surface area contributed by atoms with Gasteiger partial charge in [0.05, 0.1) is 23.0 Å². The van der Waals surface area contributed by atoms with E-state index in [9.17, 15) is 19.1 Å². The Balaban J connectivity index is 1.62. The van der Waals surface area contributed by atoms with E-state index in [0.29, 0.717) is 37.9 Å². The van der Waals surface area contributed by atoms with Crippen LogP contribution in [0.15, 0.2) is 30.9 Å². The molecule has 2 saturated heterocycles. The molecule has 1 N–H and O–H groups in total. The second-order valence-electron chi connectivity index (χ2n) is 9.12. The zero-order valence-electron chi connectivity index (χ0n) is 19.3. The Kier molecular flexibility index (Phi) is 6.14. The molecule has 0 bridgehead atoms. The average molecular weight is 501 g/mol. The summed E-state index contributed by atoms with van der Waals surface area (Å²) in [6.07, 6.45) is 2.28. The van der Waals surface area contributed by atoms with Gasteiger partial charge in [0.1, 0.15) is 28.8 Å². The molecule has 4 heterocycles. The average Bonchev–Trinajstić information content (AvgIpc) is 2.99. The van der Waals surface area contributed by atoms with Gasteiger partial charge in [-0.25, -0.2) is 9.37 Å². The quantitative estimate of drug-likeness (QED) is 0.649. The molecule has 2 amide bonds. The minimum Gasteiger partial charge on any atom is -0.507 e. The Labute approximate surface area is 207 Å². The number of hydrogen-bond donors (Lipinski definition) is 1. The van der Waals surface area contributed by atoms with Crippen molar-refractivity contribution in [2.45, 2.75) is 32.0 Å². The molecule has 8 nitrogen and oxygen atoms in total. The summed E-state index contributed by atoms with van der Waals surface area (Å²) in [6.45, 7) is 7.95. The van der Waals surface area contributed by atoms with Crippen molar-refractivity contribution in [1.29, 1.82) is 0 Å². The standard InChI is InChI=1S/C25H26ClFN4O4/c1-3-19(33)30-9-10-31-15(11-30)13-35-24-21(25(31)34)17(12-29-8-7-14(29)2)28-23(22(24)26)20-16(27)5-4-6-18(20)32/h3-6,14-15,32H,1,7-13H2,2H3. The number of phenolic OH excluding ortho intramolecular Hbond substituents is 1. The molecule has 3 aliphatic rings. The number of pyridine rings is 1. The van der Waals surface area contributed by atoms with Crippen LogP contribution in [0.5, 0.6) is 11.5 Å². The number of fused-ring (bicyclic) bond motifs is 2. The van der Waals surface area contributed by atoms with Gasteiger partial charge in [0.25, 0.3) is 5.91 Å². The van der Waals surface area contributed by atoms with Gasteiger partial charge < -0.3 is 19.6 Å². The number of aromatic hydroxyl groups is 1. The van der Waals surface area contributed by atoms with E-state index >= 15 is 0 Å². The van der Waals surface area contributed by atoms with Crippen molar-refractivity contribution >= 4 is 23.4 Å². The molecule has 2 aromatic rings. The number of carbonyl (C=O) groups excluding carboxylic acids is 2. The summed E-state index contributed by atoms with van der Waals surface area (Å²) in [4.78, 5) is 36.1. The van der Waals surface area contributed by atoms with Crippen molar-refractivity contribution < 1.29 is 23.8 Å². The number of likely N-dealkylation sites (tertiary alicyclic amines) is 1. The minimum absolute atomic E-state index is 0.0281. The summed E-state index contributed by atoms with van der Waals surface area (Å²) >= 11 is 6.70. The lowest BCUT2D eigenvalue weighted by atomic mass is 10.0. The maximum atomic E-state index is 14.8. The minimum atomic E-state index is -0.682. The molecular formula is C25H26ClFN4O4. The van der Waals surface area contributed by atoms with Gasteiger partial charge in [0.2, 0.25) is 5.91 Å². The highest BCUT2D eigenvalue weighted by Gasteiger charge is 2.40. The number of nitrogens with zero attached hydrogens (tertiary/aromatic N) is 4. The third-order valence-corrected chi connectivity index (χ3v) is 7.42. The molecule has 0 aliphatic carbocycles. The lowest BCUT2D eigenvalue weighted by Gasteiger charge is -2.40. The zero-order chi connectivity index (χ0) is 24.9. The van der Waals surface area contributed by atoms with Gasteiger partial charge in [-0.05, 0) is 31.6 Å². The Morgan fingerprint density at radius 3 is 2.80 bits per heavy atom. The third-order valence-electron chi connectivity index (χ3n) is 7.07. The van der Waals surface area contributed by atoms with Gasteiger partial charge in [-0.15, -0.1) is 0 Å². The second kappa shape index (κ2) is 9.13. The van der Waals surface area contributed by atoms with Crippen LogP contribution in [0.2, 0.25) is 5.02 Å². The fourth-order valence-electron chi connectivity index (χ4n) is 4.89. The number of piperazine rings is 1. The molecule has 2 fully saturated rings. The van der Waals surface area contributed by atoms with E-state index in [-0.39, 0.29) is 57.8 Å². The lowest BCUT2D eigenvalue weighted by Crippen LogP contribution is -2.57. The second-order valence-corrected chi connectivity index (χ2v) is 9.50. The van der Waals surface area contributed by atoms with E-state index in [0.717, 1.165) is 13.0 Å². The number of amides is 2. The van der Waals surface area contributed by atoms with Crippen LogP contribution in [-0.2, 0) is 11.3 Å². The first-order valence-corrected chi connectivity index (χ1v) is 12.0. The summed E-state index contributed by atoms with van der Waals surface area (Å²) < 4.78 is 20.9. The van der Waals surface area contributed by atoms with E-state index in [4.69, 9.17) is 16.3 Å². The van der Waals surface area contributed by atoms with Crippen molar-refractivity contribution in [3.63, 3.8) is 0 Å². The third kappa shape index (κ3) is 4.02. The summed E-state index contributed by atoms with van der Waals surface area (Å²) in [5, 5.41) is 10.4. The van der Waals surface area contributed by atoms with Gasteiger partial charge in [-0.3, -0.25) is 14.5 Å². The molecule has 184 valence electrons. The molecule has 10 heteroatoms. The van der Waals surface area contributed by atoms with Crippen LogP contribution >= 0.6 is 11.6 Å². The fraction of sp³-hybridized carbons (Fsp3) is 0.400. The number of ether oxygens (including phenoxy) is 1. The number of benzene rings is 1. The number of phenols is 1. The van der Waals surface area contributed by atoms with E-state index in [1.165, 1.54) is 24.3 Å². The summed E-state index contributed by atoms with van der Waals surface area (Å²) in [6, 6.07) is 3.90. The number of rotatable bonds is 4. The molecular weight excluding hydrogens is 475 g/mol. The Bertz CT molecular complexity index is 1200. The molecule has 5 rings (SSSR count). The van der Waals surface area contributed by atoms with Crippen LogP contribution in [0.3, 0.4) is 0 Å². The largest absolute Gasteiger partial charge is 0.507 e. The number of carbonyl (C=O) groups is 2. The Hall–Kier alpha value is -3.17. The normalized spacial score (nSPS) is 22.0. The van der Waals surface area contributed by atoms with Crippen LogP contribution in [0.25, 0.3) is 11.3 Å². The summed E-state index contributed by atoms with van der Waals surface area (Å²) in [7, 11) is 0. The van der Waals surface area contributed by atoms with Crippen LogP contribution in [-0.4, -0.2) is 81.5 Å². The van der Waals surface area contributed by atoms with Gasteiger partial charge in [0, 0.05) is 38.8 Å². The highest BCUT2D eigenvalue weighted by Crippen LogP contribution is 2.44. The highest BCUT2D eigenvalue weighted by molar-refractivity contribution is 6.35. The van der Waals surface area contributed by atoms with E-state index in [1.54, 1.807) is 9.80 Å². The first kappa shape index (κ1) is 23.6. The topological polar surface area (TPSA) is 86.2 Å². The predicted molar refractivity (Wildman–Crippen MR) is 128 cm³/mol.